The Morgan fingerprint density at radius 1 is 1.32 bits per heavy atom. The van der Waals surface area contributed by atoms with Gasteiger partial charge in [0.2, 0.25) is 5.91 Å². The van der Waals surface area contributed by atoms with Gasteiger partial charge in [0.1, 0.15) is 0 Å². The standard InChI is InChI=1S/C13H23N3O3/c1-13(12(18)19)4-7-16(9-13)11(17)8-15-5-2-10(14)3-6-15/h10H,2-9,14H2,1H3,(H,18,19). The van der Waals surface area contributed by atoms with Gasteiger partial charge in [-0.2, -0.15) is 0 Å². The number of likely N-dealkylation sites (tertiary alicyclic amines) is 2. The molecule has 3 N–H and O–H groups in total. The number of carbonyl (C=O) groups excluding carboxylic acids is 1. The van der Waals surface area contributed by atoms with Crippen molar-refractivity contribution in [1.29, 1.82) is 0 Å². The van der Waals surface area contributed by atoms with E-state index in [4.69, 9.17) is 10.8 Å². The van der Waals surface area contributed by atoms with E-state index in [0.717, 1.165) is 25.9 Å². The minimum Gasteiger partial charge on any atom is -0.481 e. The zero-order valence-electron chi connectivity index (χ0n) is 11.5. The fourth-order valence-corrected chi connectivity index (χ4v) is 2.75. The number of amides is 1. The van der Waals surface area contributed by atoms with E-state index in [2.05, 4.69) is 4.90 Å². The average Bonchev–Trinajstić information content (AvgIpc) is 2.76. The number of nitrogens with two attached hydrogens (primary N) is 1. The van der Waals surface area contributed by atoms with Crippen molar-refractivity contribution in [2.24, 2.45) is 11.1 Å². The Morgan fingerprint density at radius 3 is 2.47 bits per heavy atom. The smallest absolute Gasteiger partial charge is 0.311 e. The highest BCUT2D eigenvalue weighted by atomic mass is 16.4. The monoisotopic (exact) mass is 269 g/mol. The van der Waals surface area contributed by atoms with Gasteiger partial charge in [0.05, 0.1) is 12.0 Å². The highest BCUT2D eigenvalue weighted by Crippen LogP contribution is 2.30. The van der Waals surface area contributed by atoms with Crippen LogP contribution in [0.15, 0.2) is 0 Å². The van der Waals surface area contributed by atoms with E-state index in [1.165, 1.54) is 0 Å². The zero-order chi connectivity index (χ0) is 14.0. The molecule has 6 heteroatoms. The molecule has 2 fully saturated rings. The molecule has 1 unspecified atom stereocenters. The van der Waals surface area contributed by atoms with E-state index < -0.39 is 11.4 Å². The number of carbonyl (C=O) groups is 2. The predicted molar refractivity (Wildman–Crippen MR) is 70.6 cm³/mol. The molecule has 0 bridgehead atoms. The van der Waals surface area contributed by atoms with Crippen LogP contribution in [0, 0.1) is 5.41 Å². The Hall–Kier alpha value is -1.14. The van der Waals surface area contributed by atoms with E-state index in [1.54, 1.807) is 11.8 Å². The van der Waals surface area contributed by atoms with Crippen molar-refractivity contribution in [3.8, 4) is 0 Å². The number of carboxylic acids is 1. The number of piperidine rings is 1. The molecule has 0 spiro atoms. The topological polar surface area (TPSA) is 86.9 Å². The summed E-state index contributed by atoms with van der Waals surface area (Å²) in [4.78, 5) is 27.1. The molecule has 0 aromatic carbocycles. The molecule has 0 aromatic rings. The van der Waals surface area contributed by atoms with E-state index >= 15 is 0 Å². The lowest BCUT2D eigenvalue weighted by molar-refractivity contribution is -0.147. The van der Waals surface area contributed by atoms with Crippen molar-refractivity contribution in [1.82, 2.24) is 9.80 Å². The second-order valence-electron chi connectivity index (χ2n) is 6.04. The van der Waals surface area contributed by atoms with Crippen molar-refractivity contribution in [3.63, 3.8) is 0 Å². The molecule has 0 radical (unpaired) electrons. The van der Waals surface area contributed by atoms with Crippen LogP contribution < -0.4 is 5.73 Å². The minimum atomic E-state index is -0.813. The molecule has 0 aromatic heterocycles. The van der Waals surface area contributed by atoms with Gasteiger partial charge in [0.25, 0.3) is 0 Å². The first kappa shape index (κ1) is 14.3. The molecule has 2 aliphatic rings. The fraction of sp³-hybridized carbons (Fsp3) is 0.846. The van der Waals surface area contributed by atoms with Crippen LogP contribution in [0.5, 0.6) is 0 Å². The van der Waals surface area contributed by atoms with Gasteiger partial charge in [-0.3, -0.25) is 14.5 Å². The van der Waals surface area contributed by atoms with Crippen molar-refractivity contribution in [3.05, 3.63) is 0 Å². The number of rotatable bonds is 3. The van der Waals surface area contributed by atoms with Gasteiger partial charge in [-0.25, -0.2) is 0 Å². The highest BCUT2D eigenvalue weighted by Gasteiger charge is 2.42. The molecule has 2 rings (SSSR count). The zero-order valence-corrected chi connectivity index (χ0v) is 11.5. The van der Waals surface area contributed by atoms with Gasteiger partial charge in [-0.15, -0.1) is 0 Å². The Balaban J connectivity index is 1.83. The summed E-state index contributed by atoms with van der Waals surface area (Å²) in [5.41, 5.74) is 5.05. The number of nitrogens with zero attached hydrogens (tertiary/aromatic N) is 2. The molecule has 2 saturated heterocycles. The van der Waals surface area contributed by atoms with Gasteiger partial charge in [0.15, 0.2) is 0 Å². The summed E-state index contributed by atoms with van der Waals surface area (Å²) in [5, 5.41) is 9.16. The fourth-order valence-electron chi connectivity index (χ4n) is 2.75. The summed E-state index contributed by atoms with van der Waals surface area (Å²) in [6.07, 6.45) is 2.40. The van der Waals surface area contributed by atoms with Crippen molar-refractivity contribution < 1.29 is 14.7 Å². The quantitative estimate of drug-likeness (QED) is 0.736. The van der Waals surface area contributed by atoms with Crippen LogP contribution in [0.3, 0.4) is 0 Å². The Bertz CT molecular complexity index is 366. The maximum Gasteiger partial charge on any atom is 0.311 e. The first-order valence-corrected chi connectivity index (χ1v) is 6.90. The lowest BCUT2D eigenvalue weighted by Gasteiger charge is -2.31. The van der Waals surface area contributed by atoms with Crippen LogP contribution in [-0.2, 0) is 9.59 Å². The van der Waals surface area contributed by atoms with Crippen molar-refractivity contribution in [2.75, 3.05) is 32.7 Å². The van der Waals surface area contributed by atoms with Crippen LogP contribution >= 0.6 is 0 Å². The largest absolute Gasteiger partial charge is 0.481 e. The van der Waals surface area contributed by atoms with Crippen LogP contribution in [0.2, 0.25) is 0 Å². The van der Waals surface area contributed by atoms with Gasteiger partial charge < -0.3 is 15.7 Å². The molecule has 1 atom stereocenters. The molecule has 2 aliphatic heterocycles. The van der Waals surface area contributed by atoms with Crippen molar-refractivity contribution >= 4 is 11.9 Å². The van der Waals surface area contributed by atoms with E-state index in [9.17, 15) is 9.59 Å². The first-order valence-electron chi connectivity index (χ1n) is 6.90. The second kappa shape index (κ2) is 5.46. The summed E-state index contributed by atoms with van der Waals surface area (Å²) in [7, 11) is 0. The van der Waals surface area contributed by atoms with Gasteiger partial charge in [0, 0.05) is 32.2 Å². The summed E-state index contributed by atoms with van der Waals surface area (Å²) < 4.78 is 0. The van der Waals surface area contributed by atoms with Crippen LogP contribution in [-0.4, -0.2) is 65.5 Å². The number of hydrogen-bond acceptors (Lipinski definition) is 4. The highest BCUT2D eigenvalue weighted by molar-refractivity contribution is 5.81. The molecule has 19 heavy (non-hydrogen) atoms. The normalized spacial score (nSPS) is 29.7. The molecule has 6 nitrogen and oxygen atoms in total. The third kappa shape index (κ3) is 3.25. The minimum absolute atomic E-state index is 0.0421. The lowest BCUT2D eigenvalue weighted by Crippen LogP contribution is -2.45. The maximum atomic E-state index is 12.2. The molecular formula is C13H23N3O3. The molecule has 108 valence electrons. The second-order valence-corrected chi connectivity index (χ2v) is 6.04. The average molecular weight is 269 g/mol. The molecular weight excluding hydrogens is 246 g/mol. The van der Waals surface area contributed by atoms with E-state index in [0.29, 0.717) is 26.1 Å². The molecule has 2 heterocycles. The van der Waals surface area contributed by atoms with Crippen LogP contribution in [0.25, 0.3) is 0 Å². The van der Waals surface area contributed by atoms with Gasteiger partial charge >= 0.3 is 5.97 Å². The Kier molecular flexibility index (Phi) is 4.10. The summed E-state index contributed by atoms with van der Waals surface area (Å²) in [6, 6.07) is 0.258. The van der Waals surface area contributed by atoms with Crippen LogP contribution in [0.4, 0.5) is 0 Å². The maximum absolute atomic E-state index is 12.2. The SMILES string of the molecule is CC1(C(=O)O)CCN(C(=O)CN2CCC(N)CC2)C1. The van der Waals surface area contributed by atoms with Crippen molar-refractivity contribution in [2.45, 2.75) is 32.2 Å². The first-order chi connectivity index (χ1) is 8.90. The summed E-state index contributed by atoms with van der Waals surface area (Å²) in [5.74, 6) is -0.771. The van der Waals surface area contributed by atoms with Gasteiger partial charge in [-0.05, 0) is 26.2 Å². The summed E-state index contributed by atoms with van der Waals surface area (Å²) in [6.45, 7) is 4.70. The number of carboxylic acid groups (broad SMARTS) is 1. The third-order valence-electron chi connectivity index (χ3n) is 4.33. The van der Waals surface area contributed by atoms with Crippen LogP contribution in [0.1, 0.15) is 26.2 Å². The molecule has 1 amide bonds. The predicted octanol–water partition coefficient (Wildman–Crippen LogP) is -0.267. The lowest BCUT2D eigenvalue weighted by atomic mass is 9.90. The summed E-state index contributed by atoms with van der Waals surface area (Å²) >= 11 is 0. The van der Waals surface area contributed by atoms with E-state index in [-0.39, 0.29) is 11.9 Å². The Labute approximate surface area is 113 Å². The van der Waals surface area contributed by atoms with Gasteiger partial charge in [-0.1, -0.05) is 0 Å². The number of aliphatic carboxylic acids is 1. The van der Waals surface area contributed by atoms with E-state index in [1.807, 2.05) is 0 Å². The Morgan fingerprint density at radius 2 is 1.95 bits per heavy atom. The third-order valence-corrected chi connectivity index (χ3v) is 4.33. The molecule has 0 aliphatic carbocycles. The molecule has 0 saturated carbocycles. The number of hydrogen-bond donors (Lipinski definition) is 2.